The fraction of sp³-hybridized carbons (Fsp3) is 0.250. The molecule has 0 spiro atoms. The molecule has 0 aliphatic heterocycles. The highest BCUT2D eigenvalue weighted by atomic mass is 16.5. The van der Waals surface area contributed by atoms with Crippen LogP contribution in [0.5, 0.6) is 0 Å². The van der Waals surface area contributed by atoms with Crippen LogP contribution < -0.4 is 5.46 Å². The zero-order valence-corrected chi connectivity index (χ0v) is 6.78. The number of rotatable bonds is 2. The standard InChI is InChI=1S/C8H8BNO2/c1-12-8(11)4-6-2-3-10-5-7(6)9/h2-3,5H,4H2,1H3. The van der Waals surface area contributed by atoms with Crippen molar-refractivity contribution in [2.75, 3.05) is 7.11 Å². The number of hydrogen-bond acceptors (Lipinski definition) is 3. The van der Waals surface area contributed by atoms with Crippen LogP contribution in [0.25, 0.3) is 0 Å². The normalized spacial score (nSPS) is 9.42. The Morgan fingerprint density at radius 1 is 1.75 bits per heavy atom. The van der Waals surface area contributed by atoms with E-state index in [1.54, 1.807) is 12.3 Å². The van der Waals surface area contributed by atoms with E-state index in [2.05, 4.69) is 9.72 Å². The number of pyridine rings is 1. The zero-order valence-electron chi connectivity index (χ0n) is 6.78. The quantitative estimate of drug-likeness (QED) is 0.437. The van der Waals surface area contributed by atoms with Crippen LogP contribution in [0.2, 0.25) is 0 Å². The van der Waals surface area contributed by atoms with Gasteiger partial charge in [-0.3, -0.25) is 9.78 Å². The molecule has 0 unspecified atom stereocenters. The van der Waals surface area contributed by atoms with Crippen molar-refractivity contribution in [1.29, 1.82) is 0 Å². The fourth-order valence-corrected chi connectivity index (χ4v) is 0.824. The van der Waals surface area contributed by atoms with Crippen LogP contribution in [-0.2, 0) is 16.0 Å². The summed E-state index contributed by atoms with van der Waals surface area (Å²) >= 11 is 0. The Balaban J connectivity index is 2.75. The highest BCUT2D eigenvalue weighted by Gasteiger charge is 2.03. The summed E-state index contributed by atoms with van der Waals surface area (Å²) in [4.78, 5) is 14.6. The van der Waals surface area contributed by atoms with E-state index >= 15 is 0 Å². The van der Waals surface area contributed by atoms with Crippen LogP contribution >= 0.6 is 0 Å². The van der Waals surface area contributed by atoms with Crippen LogP contribution in [0.3, 0.4) is 0 Å². The summed E-state index contributed by atoms with van der Waals surface area (Å²) in [6.07, 6.45) is 3.30. The monoisotopic (exact) mass is 161 g/mol. The Kier molecular flexibility index (Phi) is 2.85. The number of esters is 1. The predicted molar refractivity (Wildman–Crippen MR) is 45.3 cm³/mol. The highest BCUT2D eigenvalue weighted by molar-refractivity contribution is 6.33. The van der Waals surface area contributed by atoms with Crippen molar-refractivity contribution in [2.45, 2.75) is 6.42 Å². The Morgan fingerprint density at radius 2 is 2.50 bits per heavy atom. The van der Waals surface area contributed by atoms with E-state index in [-0.39, 0.29) is 12.4 Å². The molecule has 0 atom stereocenters. The predicted octanol–water partition coefficient (Wildman–Crippen LogP) is -0.409. The minimum Gasteiger partial charge on any atom is -0.469 e. The molecule has 3 nitrogen and oxygen atoms in total. The van der Waals surface area contributed by atoms with Gasteiger partial charge in [-0.1, -0.05) is 5.46 Å². The van der Waals surface area contributed by atoms with E-state index in [0.29, 0.717) is 5.46 Å². The van der Waals surface area contributed by atoms with Gasteiger partial charge in [-0.25, -0.2) is 0 Å². The third-order valence-corrected chi connectivity index (χ3v) is 1.51. The molecule has 60 valence electrons. The van der Waals surface area contributed by atoms with E-state index < -0.39 is 0 Å². The van der Waals surface area contributed by atoms with Gasteiger partial charge in [0, 0.05) is 12.4 Å². The number of ether oxygens (including phenoxy) is 1. The molecule has 4 heteroatoms. The van der Waals surface area contributed by atoms with Crippen LogP contribution in [0, 0.1) is 0 Å². The van der Waals surface area contributed by atoms with Gasteiger partial charge >= 0.3 is 5.97 Å². The summed E-state index contributed by atoms with van der Waals surface area (Å²) in [6, 6.07) is 1.70. The van der Waals surface area contributed by atoms with E-state index in [4.69, 9.17) is 7.85 Å². The first-order valence-corrected chi connectivity index (χ1v) is 3.49. The summed E-state index contributed by atoms with van der Waals surface area (Å²) in [5.41, 5.74) is 1.26. The first kappa shape index (κ1) is 8.78. The van der Waals surface area contributed by atoms with Crippen molar-refractivity contribution in [3.8, 4) is 0 Å². The molecule has 0 amide bonds. The summed E-state index contributed by atoms with van der Waals surface area (Å²) in [6.45, 7) is 0. The maximum Gasteiger partial charge on any atom is 0.309 e. The first-order valence-electron chi connectivity index (χ1n) is 3.49. The first-order chi connectivity index (χ1) is 5.74. The maximum absolute atomic E-state index is 10.8. The van der Waals surface area contributed by atoms with E-state index in [1.165, 1.54) is 13.3 Å². The molecule has 0 aromatic carbocycles. The molecule has 0 aliphatic rings. The van der Waals surface area contributed by atoms with Crippen molar-refractivity contribution < 1.29 is 9.53 Å². The van der Waals surface area contributed by atoms with Crippen molar-refractivity contribution in [3.63, 3.8) is 0 Å². The molecule has 1 rings (SSSR count). The Labute approximate surface area is 72.2 Å². The SMILES string of the molecule is [B]c1cnccc1CC(=O)OC. The van der Waals surface area contributed by atoms with Gasteiger partial charge in [0.1, 0.15) is 7.85 Å². The number of hydrogen-bond donors (Lipinski definition) is 0. The highest BCUT2D eigenvalue weighted by Crippen LogP contribution is 1.94. The van der Waals surface area contributed by atoms with Gasteiger partial charge in [0.05, 0.1) is 13.5 Å². The Hall–Kier alpha value is -1.32. The topological polar surface area (TPSA) is 39.2 Å². The molecule has 1 heterocycles. The van der Waals surface area contributed by atoms with Gasteiger partial charge in [-0.2, -0.15) is 0 Å². The van der Waals surface area contributed by atoms with Crippen molar-refractivity contribution in [1.82, 2.24) is 4.98 Å². The van der Waals surface area contributed by atoms with Gasteiger partial charge in [0.2, 0.25) is 0 Å². The number of aromatic nitrogens is 1. The van der Waals surface area contributed by atoms with Crippen molar-refractivity contribution >= 4 is 19.3 Å². The molecule has 2 radical (unpaired) electrons. The molecule has 12 heavy (non-hydrogen) atoms. The van der Waals surface area contributed by atoms with Crippen molar-refractivity contribution in [2.24, 2.45) is 0 Å². The van der Waals surface area contributed by atoms with Crippen LogP contribution in [-0.4, -0.2) is 25.9 Å². The molecule has 0 saturated carbocycles. The van der Waals surface area contributed by atoms with Crippen LogP contribution in [0.1, 0.15) is 5.56 Å². The third kappa shape index (κ3) is 2.08. The van der Waals surface area contributed by atoms with Gasteiger partial charge in [-0.15, -0.1) is 0 Å². The number of nitrogens with zero attached hydrogens (tertiary/aromatic N) is 1. The van der Waals surface area contributed by atoms with E-state index in [0.717, 1.165) is 5.56 Å². The summed E-state index contributed by atoms with van der Waals surface area (Å²) < 4.78 is 4.49. The summed E-state index contributed by atoms with van der Waals surface area (Å²) in [5.74, 6) is -0.298. The lowest BCUT2D eigenvalue weighted by molar-refractivity contribution is -0.139. The second-order valence-electron chi connectivity index (χ2n) is 2.33. The molecule has 0 N–H and O–H groups in total. The van der Waals surface area contributed by atoms with Crippen LogP contribution in [0.15, 0.2) is 18.5 Å². The number of methoxy groups -OCH3 is 1. The minimum atomic E-state index is -0.298. The lowest BCUT2D eigenvalue weighted by Gasteiger charge is -2.02. The van der Waals surface area contributed by atoms with Crippen LogP contribution in [0.4, 0.5) is 0 Å². The molecular weight excluding hydrogens is 153 g/mol. The molecule has 1 aromatic rings. The molecule has 0 saturated heterocycles. The molecular formula is C8H8BNO2. The smallest absolute Gasteiger partial charge is 0.309 e. The zero-order chi connectivity index (χ0) is 8.97. The minimum absolute atomic E-state index is 0.199. The number of carbonyl (C=O) groups excluding carboxylic acids is 1. The molecule has 0 aliphatic carbocycles. The lowest BCUT2D eigenvalue weighted by Crippen LogP contribution is -2.15. The van der Waals surface area contributed by atoms with Gasteiger partial charge < -0.3 is 4.74 Å². The lowest BCUT2D eigenvalue weighted by atomic mass is 9.91. The Bertz CT molecular complexity index is 288. The Morgan fingerprint density at radius 3 is 3.08 bits per heavy atom. The average Bonchev–Trinajstić information content (AvgIpc) is 2.09. The average molecular weight is 161 g/mol. The summed E-state index contributed by atoms with van der Waals surface area (Å²) in [7, 11) is 6.90. The van der Waals surface area contributed by atoms with E-state index in [9.17, 15) is 4.79 Å². The van der Waals surface area contributed by atoms with Gasteiger partial charge in [0.15, 0.2) is 0 Å². The van der Waals surface area contributed by atoms with Gasteiger partial charge in [0.25, 0.3) is 0 Å². The van der Waals surface area contributed by atoms with Gasteiger partial charge in [-0.05, 0) is 11.6 Å². The largest absolute Gasteiger partial charge is 0.469 e. The van der Waals surface area contributed by atoms with Crippen molar-refractivity contribution in [3.05, 3.63) is 24.0 Å². The van der Waals surface area contributed by atoms with E-state index in [1.807, 2.05) is 0 Å². The summed E-state index contributed by atoms with van der Waals surface area (Å²) in [5, 5.41) is 0. The second kappa shape index (κ2) is 3.90. The fourth-order valence-electron chi connectivity index (χ4n) is 0.824. The molecule has 1 aromatic heterocycles. The number of carbonyl (C=O) groups is 1. The molecule has 0 fully saturated rings. The third-order valence-electron chi connectivity index (χ3n) is 1.51. The maximum atomic E-state index is 10.8. The second-order valence-corrected chi connectivity index (χ2v) is 2.33. The molecule has 0 bridgehead atoms.